The molecule has 0 amide bonds. The van der Waals surface area contributed by atoms with E-state index in [1.165, 1.54) is 19.2 Å². The molecule has 0 aliphatic carbocycles. The number of nitro benzene ring substituents is 1. The molecule has 0 radical (unpaired) electrons. The highest BCUT2D eigenvalue weighted by molar-refractivity contribution is 5.86. The van der Waals surface area contributed by atoms with E-state index in [-0.39, 0.29) is 5.69 Å². The summed E-state index contributed by atoms with van der Waals surface area (Å²) in [5.41, 5.74) is -0.554. The lowest BCUT2D eigenvalue weighted by atomic mass is 10.1. The molecule has 2 aromatic rings. The number of non-ortho nitro benzene ring substituents is 1. The van der Waals surface area contributed by atoms with Crippen LogP contribution in [0, 0.1) is 27.2 Å². The molecular weight excluding hydrogens is 254 g/mol. The molecule has 0 bridgehead atoms. The molecule has 0 aliphatic heterocycles. The Morgan fingerprint density at radius 1 is 1.11 bits per heavy atom. The number of fused-ring (bicyclic) bond motifs is 1. The summed E-state index contributed by atoms with van der Waals surface area (Å²) < 4.78 is 1.13. The number of benzene rings is 1. The molecule has 19 heavy (non-hydrogen) atoms. The van der Waals surface area contributed by atoms with E-state index < -0.39 is 21.1 Å². The predicted molar refractivity (Wildman–Crippen MR) is 67.2 cm³/mol. The topological polar surface area (TPSA) is 108 Å². The smallest absolute Gasteiger partial charge is 0.305 e. The van der Waals surface area contributed by atoms with Crippen molar-refractivity contribution in [3.05, 3.63) is 54.3 Å². The quantitative estimate of drug-likeness (QED) is 0.604. The highest BCUT2D eigenvalue weighted by atomic mass is 16.6. The van der Waals surface area contributed by atoms with Crippen LogP contribution in [-0.2, 0) is 7.05 Å². The standard InChI is InChI=1S/C11H9N3O5/c1-6-3-8(13(16)17)4-7-5-9(14(18)19)11(15)12(2)10(6)7/h3-5H,1-2H3. The van der Waals surface area contributed by atoms with Gasteiger partial charge in [0.1, 0.15) is 0 Å². The summed E-state index contributed by atoms with van der Waals surface area (Å²) >= 11 is 0. The van der Waals surface area contributed by atoms with Crippen LogP contribution in [0.2, 0.25) is 0 Å². The average Bonchev–Trinajstić information content (AvgIpc) is 2.32. The summed E-state index contributed by atoms with van der Waals surface area (Å²) in [5, 5.41) is 21.8. The molecule has 1 heterocycles. The van der Waals surface area contributed by atoms with Crippen LogP contribution in [0.5, 0.6) is 0 Å². The molecular formula is C11H9N3O5. The van der Waals surface area contributed by atoms with Crippen molar-refractivity contribution in [2.24, 2.45) is 7.05 Å². The molecule has 1 aromatic heterocycles. The van der Waals surface area contributed by atoms with Crippen LogP contribution >= 0.6 is 0 Å². The highest BCUT2D eigenvalue weighted by Gasteiger charge is 2.19. The third kappa shape index (κ3) is 1.92. The van der Waals surface area contributed by atoms with Crippen LogP contribution in [0.15, 0.2) is 23.0 Å². The number of hydrogen-bond donors (Lipinski definition) is 0. The van der Waals surface area contributed by atoms with E-state index in [1.54, 1.807) is 6.92 Å². The molecule has 1 aromatic carbocycles. The van der Waals surface area contributed by atoms with Crippen LogP contribution in [0.4, 0.5) is 11.4 Å². The van der Waals surface area contributed by atoms with E-state index in [9.17, 15) is 25.0 Å². The lowest BCUT2D eigenvalue weighted by molar-refractivity contribution is -0.386. The monoisotopic (exact) mass is 263 g/mol. The van der Waals surface area contributed by atoms with Gasteiger partial charge in [0.25, 0.3) is 5.69 Å². The summed E-state index contributed by atoms with van der Waals surface area (Å²) in [7, 11) is 1.40. The molecule has 8 nitrogen and oxygen atoms in total. The Bertz CT molecular complexity index is 778. The van der Waals surface area contributed by atoms with Gasteiger partial charge in [0.2, 0.25) is 0 Å². The summed E-state index contributed by atoms with van der Waals surface area (Å²) in [6, 6.07) is 3.61. The maximum Gasteiger partial charge on any atom is 0.334 e. The van der Waals surface area contributed by atoms with Gasteiger partial charge in [0, 0.05) is 30.6 Å². The van der Waals surface area contributed by atoms with Crippen LogP contribution in [0.25, 0.3) is 10.9 Å². The molecule has 2 rings (SSSR count). The maximum absolute atomic E-state index is 11.8. The van der Waals surface area contributed by atoms with E-state index in [1.807, 2.05) is 0 Å². The van der Waals surface area contributed by atoms with Gasteiger partial charge < -0.3 is 4.57 Å². The molecule has 0 fully saturated rings. The largest absolute Gasteiger partial charge is 0.334 e. The molecule has 0 saturated carbocycles. The Kier molecular flexibility index (Phi) is 2.78. The second-order valence-corrected chi connectivity index (χ2v) is 4.11. The Hall–Kier alpha value is -2.77. The number of aromatic nitrogens is 1. The van der Waals surface area contributed by atoms with Gasteiger partial charge >= 0.3 is 11.2 Å². The zero-order chi connectivity index (χ0) is 14.3. The third-order valence-corrected chi connectivity index (χ3v) is 2.87. The first-order chi connectivity index (χ1) is 8.82. The van der Waals surface area contributed by atoms with Gasteiger partial charge in [-0.15, -0.1) is 0 Å². The first-order valence-electron chi connectivity index (χ1n) is 5.26. The van der Waals surface area contributed by atoms with Crippen molar-refractivity contribution in [1.29, 1.82) is 0 Å². The lowest BCUT2D eigenvalue weighted by Crippen LogP contribution is -2.20. The number of pyridine rings is 1. The number of nitrogens with zero attached hydrogens (tertiary/aromatic N) is 3. The zero-order valence-corrected chi connectivity index (χ0v) is 10.1. The first-order valence-corrected chi connectivity index (χ1v) is 5.26. The fourth-order valence-electron chi connectivity index (χ4n) is 2.07. The fourth-order valence-corrected chi connectivity index (χ4v) is 2.07. The first kappa shape index (κ1) is 12.7. The van der Waals surface area contributed by atoms with Gasteiger partial charge in [-0.1, -0.05) is 0 Å². The Morgan fingerprint density at radius 2 is 1.74 bits per heavy atom. The highest BCUT2D eigenvalue weighted by Crippen LogP contribution is 2.25. The molecule has 8 heteroatoms. The number of rotatable bonds is 2. The second-order valence-electron chi connectivity index (χ2n) is 4.11. The van der Waals surface area contributed by atoms with Crippen molar-refractivity contribution in [3.63, 3.8) is 0 Å². The molecule has 0 spiro atoms. The Balaban J connectivity index is 2.97. The van der Waals surface area contributed by atoms with Crippen molar-refractivity contribution in [3.8, 4) is 0 Å². The van der Waals surface area contributed by atoms with E-state index in [2.05, 4.69) is 0 Å². The van der Waals surface area contributed by atoms with Crippen molar-refractivity contribution in [2.75, 3.05) is 0 Å². The van der Waals surface area contributed by atoms with Gasteiger partial charge in [0.05, 0.1) is 15.4 Å². The van der Waals surface area contributed by atoms with E-state index >= 15 is 0 Å². The molecule has 0 unspecified atom stereocenters. The minimum absolute atomic E-state index is 0.169. The van der Waals surface area contributed by atoms with Gasteiger partial charge in [0.15, 0.2) is 0 Å². The average molecular weight is 263 g/mol. The summed E-state index contributed by atoms with van der Waals surface area (Å²) in [4.78, 5) is 32.0. The molecule has 0 aliphatic rings. The SMILES string of the molecule is Cc1cc([N+](=O)[O-])cc2cc([N+](=O)[O-])c(=O)n(C)c12. The number of hydrogen-bond acceptors (Lipinski definition) is 5. The second kappa shape index (κ2) is 4.16. The van der Waals surface area contributed by atoms with Crippen LogP contribution in [0.3, 0.4) is 0 Å². The van der Waals surface area contributed by atoms with Crippen LogP contribution in [-0.4, -0.2) is 14.4 Å². The van der Waals surface area contributed by atoms with Gasteiger partial charge in [-0.25, -0.2) is 0 Å². The Morgan fingerprint density at radius 3 is 2.26 bits per heavy atom. The van der Waals surface area contributed by atoms with Gasteiger partial charge in [-0.05, 0) is 12.5 Å². The Labute approximate surface area is 106 Å². The van der Waals surface area contributed by atoms with Crippen molar-refractivity contribution < 1.29 is 9.85 Å². The number of aryl methyl sites for hydroxylation is 2. The summed E-state index contributed by atoms with van der Waals surface area (Å²) in [6.45, 7) is 1.61. The molecule has 0 N–H and O–H groups in total. The zero-order valence-electron chi connectivity index (χ0n) is 10.1. The van der Waals surface area contributed by atoms with Crippen molar-refractivity contribution in [2.45, 2.75) is 6.92 Å². The fraction of sp³-hybridized carbons (Fsp3) is 0.182. The third-order valence-electron chi connectivity index (χ3n) is 2.87. The van der Waals surface area contributed by atoms with Crippen molar-refractivity contribution in [1.82, 2.24) is 4.57 Å². The number of nitro groups is 2. The van der Waals surface area contributed by atoms with E-state index in [0.29, 0.717) is 16.5 Å². The minimum atomic E-state index is -0.796. The maximum atomic E-state index is 11.8. The normalized spacial score (nSPS) is 10.6. The lowest BCUT2D eigenvalue weighted by Gasteiger charge is -2.07. The van der Waals surface area contributed by atoms with Gasteiger partial charge in [-0.2, -0.15) is 0 Å². The van der Waals surface area contributed by atoms with E-state index in [4.69, 9.17) is 0 Å². The summed E-state index contributed by atoms with van der Waals surface area (Å²) in [5.74, 6) is 0. The predicted octanol–water partition coefficient (Wildman–Crippen LogP) is 1.66. The molecule has 0 atom stereocenters. The molecule has 0 saturated heterocycles. The van der Waals surface area contributed by atoms with Gasteiger partial charge in [-0.3, -0.25) is 25.0 Å². The minimum Gasteiger partial charge on any atom is -0.305 e. The van der Waals surface area contributed by atoms with E-state index in [0.717, 1.165) is 10.6 Å². The van der Waals surface area contributed by atoms with Crippen LogP contribution < -0.4 is 5.56 Å². The summed E-state index contributed by atoms with van der Waals surface area (Å²) in [6.07, 6.45) is 0. The van der Waals surface area contributed by atoms with Crippen LogP contribution in [0.1, 0.15) is 5.56 Å². The molecule has 98 valence electrons. The van der Waals surface area contributed by atoms with Crippen molar-refractivity contribution >= 4 is 22.3 Å².